The summed E-state index contributed by atoms with van der Waals surface area (Å²) < 4.78 is 0. The molecule has 0 saturated heterocycles. The molecule has 0 bridgehead atoms. The Morgan fingerprint density at radius 3 is 2.67 bits per heavy atom. The van der Waals surface area contributed by atoms with Gasteiger partial charge in [-0.15, -0.1) is 0 Å². The average Bonchev–Trinajstić information content (AvgIpc) is 2.15. The second kappa shape index (κ2) is 3.38. The van der Waals surface area contributed by atoms with Gasteiger partial charge in [0.15, 0.2) is 0 Å². The van der Waals surface area contributed by atoms with Gasteiger partial charge < -0.3 is 10.8 Å². The topological polar surface area (TPSA) is 46.2 Å². The molecule has 2 nitrogen and oxygen atoms in total. The highest BCUT2D eigenvalue weighted by molar-refractivity contribution is 5.63. The fraction of sp³-hybridized carbons (Fsp3) is 0.385. The highest BCUT2D eigenvalue weighted by Gasteiger charge is 2.21. The van der Waals surface area contributed by atoms with Gasteiger partial charge in [0.25, 0.3) is 0 Å². The molecule has 1 aromatic carbocycles. The summed E-state index contributed by atoms with van der Waals surface area (Å²) in [5.74, 6) is 0.320. The van der Waals surface area contributed by atoms with E-state index in [2.05, 4.69) is 6.08 Å². The molecule has 0 aliphatic heterocycles. The average molecular weight is 203 g/mol. The number of aromatic hydroxyl groups is 1. The van der Waals surface area contributed by atoms with Crippen LogP contribution in [0.5, 0.6) is 5.75 Å². The molecule has 2 heteroatoms. The second-order valence-electron chi connectivity index (χ2n) is 4.77. The van der Waals surface area contributed by atoms with Crippen molar-refractivity contribution in [2.75, 3.05) is 0 Å². The molecule has 15 heavy (non-hydrogen) atoms. The molecule has 1 aliphatic rings. The highest BCUT2D eigenvalue weighted by atomic mass is 16.3. The number of aryl methyl sites for hydroxylation is 1. The summed E-state index contributed by atoms with van der Waals surface area (Å²) in [6.45, 7) is 4.04. The van der Waals surface area contributed by atoms with E-state index < -0.39 is 0 Å². The van der Waals surface area contributed by atoms with Gasteiger partial charge in [-0.05, 0) is 49.9 Å². The number of phenolic OH excluding ortho intramolecular Hbond substituents is 1. The molecule has 0 atom stereocenters. The fourth-order valence-electron chi connectivity index (χ4n) is 1.98. The van der Waals surface area contributed by atoms with Crippen LogP contribution in [0, 0.1) is 0 Å². The molecule has 0 radical (unpaired) electrons. The molecule has 0 spiro atoms. The Hall–Kier alpha value is -1.28. The minimum atomic E-state index is -0.261. The number of fused-ring (bicyclic) bond motifs is 1. The number of hydrogen-bond acceptors (Lipinski definition) is 2. The molecule has 2 rings (SSSR count). The van der Waals surface area contributed by atoms with Crippen molar-refractivity contribution in [1.82, 2.24) is 0 Å². The van der Waals surface area contributed by atoms with Crippen LogP contribution in [0.2, 0.25) is 0 Å². The summed E-state index contributed by atoms with van der Waals surface area (Å²) in [5.41, 5.74) is 9.46. The SMILES string of the molecule is CC(C)(N)C1=Cc2cc(O)ccc2CC1. The number of nitrogens with two attached hydrogens (primary N) is 1. The van der Waals surface area contributed by atoms with Crippen LogP contribution < -0.4 is 5.73 Å². The fourth-order valence-corrected chi connectivity index (χ4v) is 1.98. The lowest BCUT2D eigenvalue weighted by Crippen LogP contribution is -2.35. The predicted octanol–water partition coefficient (Wildman–Crippen LogP) is 2.46. The van der Waals surface area contributed by atoms with Crippen molar-refractivity contribution in [2.24, 2.45) is 5.73 Å². The lowest BCUT2D eigenvalue weighted by atomic mass is 9.83. The van der Waals surface area contributed by atoms with Crippen molar-refractivity contribution in [1.29, 1.82) is 0 Å². The van der Waals surface area contributed by atoms with Gasteiger partial charge in [0.1, 0.15) is 5.75 Å². The second-order valence-corrected chi connectivity index (χ2v) is 4.77. The number of phenols is 1. The monoisotopic (exact) mass is 203 g/mol. The van der Waals surface area contributed by atoms with Crippen molar-refractivity contribution in [3.8, 4) is 5.75 Å². The predicted molar refractivity (Wildman–Crippen MR) is 62.7 cm³/mol. The van der Waals surface area contributed by atoms with E-state index in [-0.39, 0.29) is 5.54 Å². The molecule has 1 aromatic rings. The van der Waals surface area contributed by atoms with Crippen LogP contribution in [0.15, 0.2) is 23.8 Å². The molecule has 0 heterocycles. The molecule has 0 amide bonds. The molecular weight excluding hydrogens is 186 g/mol. The van der Waals surface area contributed by atoms with Crippen LogP contribution >= 0.6 is 0 Å². The van der Waals surface area contributed by atoms with Crippen LogP contribution in [-0.4, -0.2) is 10.6 Å². The minimum Gasteiger partial charge on any atom is -0.508 e. The van der Waals surface area contributed by atoms with Gasteiger partial charge in [0, 0.05) is 5.54 Å². The third-order valence-electron chi connectivity index (χ3n) is 2.95. The zero-order chi connectivity index (χ0) is 11.1. The quantitative estimate of drug-likeness (QED) is 0.736. The van der Waals surface area contributed by atoms with Crippen molar-refractivity contribution >= 4 is 6.08 Å². The normalized spacial score (nSPS) is 15.8. The summed E-state index contributed by atoms with van der Waals surface area (Å²) >= 11 is 0. The smallest absolute Gasteiger partial charge is 0.116 e. The number of rotatable bonds is 1. The maximum atomic E-state index is 9.42. The van der Waals surface area contributed by atoms with E-state index in [1.165, 1.54) is 11.1 Å². The zero-order valence-corrected chi connectivity index (χ0v) is 9.25. The minimum absolute atomic E-state index is 0.261. The first-order chi connectivity index (χ1) is 6.97. The van der Waals surface area contributed by atoms with Crippen molar-refractivity contribution in [3.05, 3.63) is 34.9 Å². The Labute approximate surface area is 90.4 Å². The largest absolute Gasteiger partial charge is 0.508 e. The lowest BCUT2D eigenvalue weighted by Gasteiger charge is -2.27. The van der Waals surface area contributed by atoms with Crippen molar-refractivity contribution in [3.63, 3.8) is 0 Å². The first kappa shape index (κ1) is 10.2. The van der Waals surface area contributed by atoms with Crippen molar-refractivity contribution < 1.29 is 5.11 Å². The van der Waals surface area contributed by atoms with Gasteiger partial charge in [-0.2, -0.15) is 0 Å². The standard InChI is InChI=1S/C13H17NO/c1-13(2,14)11-5-3-9-4-6-12(15)8-10(9)7-11/h4,6-8,15H,3,5,14H2,1-2H3. The number of hydrogen-bond donors (Lipinski definition) is 2. The molecular formula is C13H17NO. The first-order valence-corrected chi connectivity index (χ1v) is 5.28. The van der Waals surface area contributed by atoms with E-state index in [0.29, 0.717) is 5.75 Å². The van der Waals surface area contributed by atoms with Gasteiger partial charge in [-0.25, -0.2) is 0 Å². The molecule has 0 unspecified atom stereocenters. The maximum absolute atomic E-state index is 9.42. The summed E-state index contributed by atoms with van der Waals surface area (Å²) in [6.07, 6.45) is 4.14. The van der Waals surface area contributed by atoms with E-state index >= 15 is 0 Å². The van der Waals surface area contributed by atoms with Crippen LogP contribution in [0.3, 0.4) is 0 Å². The first-order valence-electron chi connectivity index (χ1n) is 5.28. The molecule has 1 aliphatic carbocycles. The van der Waals surface area contributed by atoms with E-state index in [1.54, 1.807) is 12.1 Å². The Kier molecular flexibility index (Phi) is 2.31. The highest BCUT2D eigenvalue weighted by Crippen LogP contribution is 2.30. The summed E-state index contributed by atoms with van der Waals surface area (Å²) in [4.78, 5) is 0. The molecule has 80 valence electrons. The van der Waals surface area contributed by atoms with Crippen LogP contribution in [-0.2, 0) is 6.42 Å². The zero-order valence-electron chi connectivity index (χ0n) is 9.25. The molecule has 0 fully saturated rings. The summed E-state index contributed by atoms with van der Waals surface area (Å²) in [5, 5.41) is 9.42. The van der Waals surface area contributed by atoms with E-state index in [0.717, 1.165) is 18.4 Å². The van der Waals surface area contributed by atoms with E-state index in [4.69, 9.17) is 5.73 Å². The summed E-state index contributed by atoms with van der Waals surface area (Å²) in [7, 11) is 0. The number of benzene rings is 1. The van der Waals surface area contributed by atoms with Gasteiger partial charge in [-0.3, -0.25) is 0 Å². The van der Waals surface area contributed by atoms with Crippen LogP contribution in [0.1, 0.15) is 31.4 Å². The maximum Gasteiger partial charge on any atom is 0.116 e. The van der Waals surface area contributed by atoms with E-state index in [9.17, 15) is 5.11 Å². The Bertz CT molecular complexity index is 413. The Morgan fingerprint density at radius 1 is 1.27 bits per heavy atom. The molecule has 0 aromatic heterocycles. The van der Waals surface area contributed by atoms with Crippen molar-refractivity contribution in [2.45, 2.75) is 32.2 Å². The van der Waals surface area contributed by atoms with Gasteiger partial charge in [0.05, 0.1) is 0 Å². The lowest BCUT2D eigenvalue weighted by molar-refractivity contribution is 0.474. The van der Waals surface area contributed by atoms with Gasteiger partial charge in [0.2, 0.25) is 0 Å². The van der Waals surface area contributed by atoms with Gasteiger partial charge >= 0.3 is 0 Å². The third kappa shape index (κ3) is 2.05. The van der Waals surface area contributed by atoms with Gasteiger partial charge in [-0.1, -0.05) is 17.7 Å². The molecule has 3 N–H and O–H groups in total. The Balaban J connectivity index is 2.44. The third-order valence-corrected chi connectivity index (χ3v) is 2.95. The molecule has 0 saturated carbocycles. The summed E-state index contributed by atoms with van der Waals surface area (Å²) in [6, 6.07) is 5.53. The van der Waals surface area contributed by atoms with Crippen LogP contribution in [0.4, 0.5) is 0 Å². The van der Waals surface area contributed by atoms with E-state index in [1.807, 2.05) is 19.9 Å². The van der Waals surface area contributed by atoms with Crippen LogP contribution in [0.25, 0.3) is 6.08 Å². The Morgan fingerprint density at radius 2 is 2.00 bits per heavy atom.